The lowest BCUT2D eigenvalue weighted by molar-refractivity contribution is -0.124. The van der Waals surface area contributed by atoms with Gasteiger partial charge in [0.1, 0.15) is 5.75 Å². The van der Waals surface area contributed by atoms with Crippen LogP contribution in [0.1, 0.15) is 12.5 Å². The Kier molecular flexibility index (Phi) is 5.97. The summed E-state index contributed by atoms with van der Waals surface area (Å²) in [5, 5.41) is 2.07. The van der Waals surface area contributed by atoms with Crippen LogP contribution in [0.5, 0.6) is 5.75 Å². The third-order valence-electron chi connectivity index (χ3n) is 2.95. The molecule has 1 aromatic carbocycles. The van der Waals surface area contributed by atoms with Crippen LogP contribution in [0.3, 0.4) is 0 Å². The number of imide groups is 1. The van der Waals surface area contributed by atoms with Crippen molar-refractivity contribution in [3.8, 4) is 5.75 Å². The molecule has 110 valence electrons. The van der Waals surface area contributed by atoms with Crippen LogP contribution in [-0.2, 0) is 11.3 Å². The zero-order valence-electron chi connectivity index (χ0n) is 11.6. The highest BCUT2D eigenvalue weighted by atomic mass is 79.9. The van der Waals surface area contributed by atoms with Gasteiger partial charge in [-0.2, -0.15) is 0 Å². The number of ether oxygens (including phenoxy) is 1. The number of likely N-dealkylation sites (N-methyl/N-ethyl adjacent to an activating group) is 1. The molecule has 0 spiro atoms. The van der Waals surface area contributed by atoms with E-state index in [4.69, 9.17) is 10.5 Å². The number of rotatable bonds is 5. The van der Waals surface area contributed by atoms with Gasteiger partial charge in [-0.15, -0.1) is 0 Å². The van der Waals surface area contributed by atoms with Crippen LogP contribution >= 0.6 is 15.9 Å². The van der Waals surface area contributed by atoms with Gasteiger partial charge in [-0.05, 0) is 32.2 Å². The Morgan fingerprint density at radius 2 is 2.15 bits per heavy atom. The van der Waals surface area contributed by atoms with Gasteiger partial charge in [-0.1, -0.05) is 15.9 Å². The molecule has 0 aliphatic carbocycles. The Morgan fingerprint density at radius 3 is 2.70 bits per heavy atom. The van der Waals surface area contributed by atoms with Crippen molar-refractivity contribution in [2.75, 3.05) is 14.2 Å². The molecule has 0 aromatic heterocycles. The minimum Gasteiger partial charge on any atom is -0.496 e. The van der Waals surface area contributed by atoms with E-state index in [1.807, 2.05) is 18.2 Å². The number of benzene rings is 1. The minimum atomic E-state index is -0.852. The Morgan fingerprint density at radius 1 is 1.50 bits per heavy atom. The first-order valence-corrected chi connectivity index (χ1v) is 6.77. The first-order valence-electron chi connectivity index (χ1n) is 5.98. The molecule has 0 saturated heterocycles. The fourth-order valence-corrected chi connectivity index (χ4v) is 2.11. The summed E-state index contributed by atoms with van der Waals surface area (Å²) < 4.78 is 6.21. The largest absolute Gasteiger partial charge is 0.496 e. The standard InChI is InChI=1S/C13H18BrN3O3/c1-8(12(18)16-13(15)19)17(2)7-9-6-10(14)4-5-11(9)20-3/h4-6,8H,7H2,1-3H3,(H3,15,16,18,19)/t8-/m1/s1. The zero-order chi connectivity index (χ0) is 15.3. The van der Waals surface area contributed by atoms with Crippen molar-refractivity contribution in [2.24, 2.45) is 5.73 Å². The van der Waals surface area contributed by atoms with Crippen LogP contribution in [0, 0.1) is 0 Å². The Bertz CT molecular complexity index is 508. The third-order valence-corrected chi connectivity index (χ3v) is 3.44. The predicted molar refractivity (Wildman–Crippen MR) is 79.3 cm³/mol. The van der Waals surface area contributed by atoms with E-state index in [0.29, 0.717) is 6.54 Å². The van der Waals surface area contributed by atoms with E-state index in [9.17, 15) is 9.59 Å². The van der Waals surface area contributed by atoms with E-state index in [1.54, 1.807) is 26.0 Å². The second-order valence-corrected chi connectivity index (χ2v) is 5.32. The normalized spacial score (nSPS) is 12.1. The molecule has 0 aliphatic heterocycles. The number of hydrogen-bond acceptors (Lipinski definition) is 4. The summed E-state index contributed by atoms with van der Waals surface area (Å²) in [4.78, 5) is 24.2. The number of halogens is 1. The van der Waals surface area contributed by atoms with Gasteiger partial charge >= 0.3 is 6.03 Å². The number of hydrogen-bond donors (Lipinski definition) is 2. The second-order valence-electron chi connectivity index (χ2n) is 4.40. The number of amides is 3. The maximum Gasteiger partial charge on any atom is 0.318 e. The number of nitrogens with two attached hydrogens (primary N) is 1. The molecule has 0 bridgehead atoms. The summed E-state index contributed by atoms with van der Waals surface area (Å²) in [5.41, 5.74) is 5.87. The zero-order valence-corrected chi connectivity index (χ0v) is 13.2. The van der Waals surface area contributed by atoms with Crippen molar-refractivity contribution in [3.63, 3.8) is 0 Å². The van der Waals surface area contributed by atoms with E-state index in [2.05, 4.69) is 21.2 Å². The van der Waals surface area contributed by atoms with Gasteiger partial charge in [-0.3, -0.25) is 15.0 Å². The molecule has 0 unspecified atom stereocenters. The fourth-order valence-electron chi connectivity index (χ4n) is 1.70. The highest BCUT2D eigenvalue weighted by Gasteiger charge is 2.20. The molecule has 0 fully saturated rings. The molecule has 6 nitrogen and oxygen atoms in total. The van der Waals surface area contributed by atoms with E-state index in [0.717, 1.165) is 15.8 Å². The van der Waals surface area contributed by atoms with Gasteiger partial charge < -0.3 is 10.5 Å². The Balaban J connectivity index is 2.79. The summed E-state index contributed by atoms with van der Waals surface area (Å²) in [6.07, 6.45) is 0. The average molecular weight is 344 g/mol. The van der Waals surface area contributed by atoms with Crippen LogP contribution in [0.15, 0.2) is 22.7 Å². The van der Waals surface area contributed by atoms with Crippen molar-refractivity contribution in [2.45, 2.75) is 19.5 Å². The number of nitrogens with zero attached hydrogens (tertiary/aromatic N) is 1. The fraction of sp³-hybridized carbons (Fsp3) is 0.385. The predicted octanol–water partition coefficient (Wildman–Crippen LogP) is 1.47. The lowest BCUT2D eigenvalue weighted by Gasteiger charge is -2.24. The molecular weight excluding hydrogens is 326 g/mol. The van der Waals surface area contributed by atoms with Crippen LogP contribution < -0.4 is 15.8 Å². The molecule has 3 amide bonds. The number of nitrogens with one attached hydrogen (secondary N) is 1. The molecule has 1 atom stereocenters. The van der Waals surface area contributed by atoms with Crippen LogP contribution in [-0.4, -0.2) is 37.0 Å². The first-order chi connectivity index (χ1) is 9.35. The van der Waals surface area contributed by atoms with Crippen molar-refractivity contribution in [1.82, 2.24) is 10.2 Å². The van der Waals surface area contributed by atoms with Gasteiger partial charge in [0.05, 0.1) is 13.2 Å². The molecule has 7 heteroatoms. The summed E-state index contributed by atoms with van der Waals surface area (Å²) in [5.74, 6) is 0.302. The Hall–Kier alpha value is -1.60. The molecular formula is C13H18BrN3O3. The molecule has 20 heavy (non-hydrogen) atoms. The lowest BCUT2D eigenvalue weighted by atomic mass is 10.1. The van der Waals surface area contributed by atoms with Crippen LogP contribution in [0.4, 0.5) is 4.79 Å². The van der Waals surface area contributed by atoms with Gasteiger partial charge in [0.15, 0.2) is 0 Å². The van der Waals surface area contributed by atoms with Gasteiger partial charge in [0.25, 0.3) is 0 Å². The quantitative estimate of drug-likeness (QED) is 0.847. The summed E-state index contributed by atoms with van der Waals surface area (Å²) in [6.45, 7) is 2.19. The summed E-state index contributed by atoms with van der Waals surface area (Å²) >= 11 is 3.40. The van der Waals surface area contributed by atoms with Gasteiger partial charge in [0.2, 0.25) is 5.91 Å². The summed E-state index contributed by atoms with van der Waals surface area (Å²) in [7, 11) is 3.38. The smallest absolute Gasteiger partial charge is 0.318 e. The molecule has 0 radical (unpaired) electrons. The maximum atomic E-state index is 11.7. The first kappa shape index (κ1) is 16.5. The van der Waals surface area contributed by atoms with Crippen molar-refractivity contribution >= 4 is 27.9 Å². The van der Waals surface area contributed by atoms with Crippen molar-refractivity contribution in [1.29, 1.82) is 0 Å². The molecule has 0 saturated carbocycles. The maximum absolute atomic E-state index is 11.7. The monoisotopic (exact) mass is 343 g/mol. The molecule has 1 aromatic rings. The number of carbonyl (C=O) groups excluding carboxylic acids is 2. The highest BCUT2D eigenvalue weighted by molar-refractivity contribution is 9.10. The van der Waals surface area contributed by atoms with Crippen LogP contribution in [0.25, 0.3) is 0 Å². The van der Waals surface area contributed by atoms with E-state index in [1.165, 1.54) is 0 Å². The topological polar surface area (TPSA) is 84.7 Å². The van der Waals surface area contributed by atoms with Gasteiger partial charge in [-0.25, -0.2) is 4.79 Å². The summed E-state index contributed by atoms with van der Waals surface area (Å²) in [6, 6.07) is 4.31. The molecule has 3 N–H and O–H groups in total. The average Bonchev–Trinajstić information content (AvgIpc) is 2.37. The number of carbonyl (C=O) groups is 2. The number of methoxy groups -OCH3 is 1. The highest BCUT2D eigenvalue weighted by Crippen LogP contribution is 2.24. The number of urea groups is 1. The second kappa shape index (κ2) is 7.25. The third kappa shape index (κ3) is 4.50. The Labute approximate surface area is 126 Å². The SMILES string of the molecule is COc1ccc(Br)cc1CN(C)[C@H](C)C(=O)NC(N)=O. The van der Waals surface area contributed by atoms with Crippen molar-refractivity contribution < 1.29 is 14.3 Å². The minimum absolute atomic E-state index is 0.436. The van der Waals surface area contributed by atoms with Crippen LogP contribution in [0.2, 0.25) is 0 Å². The van der Waals surface area contributed by atoms with E-state index in [-0.39, 0.29) is 0 Å². The van der Waals surface area contributed by atoms with E-state index < -0.39 is 18.0 Å². The number of primary amides is 1. The molecule has 0 aliphatic rings. The lowest BCUT2D eigenvalue weighted by Crippen LogP contribution is -2.46. The van der Waals surface area contributed by atoms with E-state index >= 15 is 0 Å². The van der Waals surface area contributed by atoms with Crippen molar-refractivity contribution in [3.05, 3.63) is 28.2 Å². The molecule has 1 rings (SSSR count). The molecule has 0 heterocycles. The van der Waals surface area contributed by atoms with Gasteiger partial charge in [0, 0.05) is 16.6 Å².